The van der Waals surface area contributed by atoms with Gasteiger partial charge in [0.05, 0.1) is 12.6 Å². The number of piperidine rings is 1. The molecule has 2 heterocycles. The Balaban J connectivity index is 1.96. The van der Waals surface area contributed by atoms with Crippen molar-refractivity contribution in [1.82, 2.24) is 10.3 Å². The Labute approximate surface area is 115 Å². The fourth-order valence-electron chi connectivity index (χ4n) is 2.59. The van der Waals surface area contributed by atoms with Crippen molar-refractivity contribution in [2.24, 2.45) is 0 Å². The van der Waals surface area contributed by atoms with E-state index >= 15 is 0 Å². The number of nitrogens with one attached hydrogen (secondary N) is 1. The summed E-state index contributed by atoms with van der Waals surface area (Å²) in [6.45, 7) is 5.32. The Kier molecular flexibility index (Phi) is 5.61. The van der Waals surface area contributed by atoms with E-state index in [1.165, 1.54) is 18.4 Å². The van der Waals surface area contributed by atoms with E-state index in [2.05, 4.69) is 34.3 Å². The van der Waals surface area contributed by atoms with Crippen molar-refractivity contribution < 1.29 is 5.11 Å². The molecular weight excluding hydrogens is 238 g/mol. The molecule has 0 aliphatic carbocycles. The number of aliphatic hydroxyl groups is 1. The van der Waals surface area contributed by atoms with Crippen LogP contribution in [0.3, 0.4) is 0 Å². The maximum absolute atomic E-state index is 9.44. The summed E-state index contributed by atoms with van der Waals surface area (Å²) >= 11 is 0. The second-order valence-corrected chi connectivity index (χ2v) is 5.23. The summed E-state index contributed by atoms with van der Waals surface area (Å²) in [5.74, 6) is 0.998. The molecule has 1 aromatic rings. The topological polar surface area (TPSA) is 48.4 Å². The third-order valence-electron chi connectivity index (χ3n) is 3.70. The van der Waals surface area contributed by atoms with Crippen LogP contribution in [-0.2, 0) is 6.54 Å². The number of hydrogen-bond donors (Lipinski definition) is 2. The van der Waals surface area contributed by atoms with E-state index in [1.807, 2.05) is 6.20 Å². The molecule has 4 heteroatoms. The Bertz CT molecular complexity index is 366. The van der Waals surface area contributed by atoms with Crippen LogP contribution in [0.25, 0.3) is 0 Å². The monoisotopic (exact) mass is 263 g/mol. The van der Waals surface area contributed by atoms with Crippen LogP contribution in [0.2, 0.25) is 0 Å². The van der Waals surface area contributed by atoms with Gasteiger partial charge in [-0.1, -0.05) is 13.0 Å². The molecule has 1 aliphatic heterocycles. The van der Waals surface area contributed by atoms with E-state index in [4.69, 9.17) is 0 Å². The van der Waals surface area contributed by atoms with Gasteiger partial charge in [-0.3, -0.25) is 0 Å². The molecule has 19 heavy (non-hydrogen) atoms. The SMILES string of the molecule is CCCNCc1ccc(N2CCCCC2CO)nc1. The summed E-state index contributed by atoms with van der Waals surface area (Å²) in [5, 5.41) is 12.8. The minimum absolute atomic E-state index is 0.224. The van der Waals surface area contributed by atoms with Crippen molar-refractivity contribution in [1.29, 1.82) is 0 Å². The first-order chi connectivity index (χ1) is 9.35. The molecule has 1 fully saturated rings. The van der Waals surface area contributed by atoms with E-state index in [0.29, 0.717) is 0 Å². The minimum Gasteiger partial charge on any atom is -0.394 e. The van der Waals surface area contributed by atoms with E-state index in [1.54, 1.807) is 0 Å². The maximum Gasteiger partial charge on any atom is 0.128 e. The highest BCUT2D eigenvalue weighted by Gasteiger charge is 2.22. The number of aliphatic hydroxyl groups excluding tert-OH is 1. The van der Waals surface area contributed by atoms with Crippen LogP contribution in [0.15, 0.2) is 18.3 Å². The summed E-state index contributed by atoms with van der Waals surface area (Å²) < 4.78 is 0. The van der Waals surface area contributed by atoms with E-state index in [0.717, 1.165) is 38.3 Å². The van der Waals surface area contributed by atoms with Gasteiger partial charge in [-0.15, -0.1) is 0 Å². The third-order valence-corrected chi connectivity index (χ3v) is 3.70. The number of nitrogens with zero attached hydrogens (tertiary/aromatic N) is 2. The van der Waals surface area contributed by atoms with E-state index in [9.17, 15) is 5.11 Å². The zero-order valence-corrected chi connectivity index (χ0v) is 11.8. The standard InChI is InChI=1S/C15H25N3O/c1-2-8-16-10-13-6-7-15(17-11-13)18-9-4-3-5-14(18)12-19/h6-7,11,14,16,19H,2-5,8-10,12H2,1H3. The lowest BCUT2D eigenvalue weighted by Crippen LogP contribution is -2.42. The largest absolute Gasteiger partial charge is 0.394 e. The van der Waals surface area contributed by atoms with Crippen molar-refractivity contribution in [3.63, 3.8) is 0 Å². The van der Waals surface area contributed by atoms with Crippen molar-refractivity contribution >= 4 is 5.82 Å². The molecule has 0 amide bonds. The van der Waals surface area contributed by atoms with Crippen molar-refractivity contribution in [2.75, 3.05) is 24.6 Å². The van der Waals surface area contributed by atoms with Crippen molar-refractivity contribution in [2.45, 2.75) is 45.2 Å². The molecule has 1 unspecified atom stereocenters. The molecule has 0 spiro atoms. The zero-order chi connectivity index (χ0) is 13.5. The summed E-state index contributed by atoms with van der Waals surface area (Å²) in [4.78, 5) is 6.80. The zero-order valence-electron chi connectivity index (χ0n) is 11.8. The summed E-state index contributed by atoms with van der Waals surface area (Å²) in [5.41, 5.74) is 1.22. The van der Waals surface area contributed by atoms with E-state index in [-0.39, 0.29) is 12.6 Å². The molecule has 0 aromatic carbocycles. The van der Waals surface area contributed by atoms with Gasteiger partial charge >= 0.3 is 0 Å². The number of pyridine rings is 1. The quantitative estimate of drug-likeness (QED) is 0.770. The lowest BCUT2D eigenvalue weighted by molar-refractivity contribution is 0.239. The van der Waals surface area contributed by atoms with Gasteiger partial charge < -0.3 is 15.3 Å². The van der Waals surface area contributed by atoms with Gasteiger partial charge in [0.2, 0.25) is 0 Å². The molecule has 1 aliphatic rings. The van der Waals surface area contributed by atoms with Crippen molar-refractivity contribution in [3.05, 3.63) is 23.9 Å². The molecule has 2 rings (SSSR count). The number of hydrogen-bond acceptors (Lipinski definition) is 4. The van der Waals surface area contributed by atoms with Gasteiger partial charge in [0, 0.05) is 19.3 Å². The van der Waals surface area contributed by atoms with Crippen LogP contribution >= 0.6 is 0 Å². The van der Waals surface area contributed by atoms with Crippen LogP contribution in [0.5, 0.6) is 0 Å². The molecule has 1 saturated heterocycles. The number of anilines is 1. The first-order valence-electron chi connectivity index (χ1n) is 7.38. The molecule has 106 valence electrons. The summed E-state index contributed by atoms with van der Waals surface area (Å²) in [6.07, 6.45) is 6.56. The number of rotatable bonds is 6. The number of aromatic nitrogens is 1. The van der Waals surface area contributed by atoms with Crippen LogP contribution in [0, 0.1) is 0 Å². The smallest absolute Gasteiger partial charge is 0.128 e. The average Bonchev–Trinajstić information content (AvgIpc) is 2.48. The van der Waals surface area contributed by atoms with Gasteiger partial charge in [0.25, 0.3) is 0 Å². The minimum atomic E-state index is 0.224. The predicted octanol–water partition coefficient (Wildman–Crippen LogP) is 1.93. The summed E-state index contributed by atoms with van der Waals surface area (Å²) in [7, 11) is 0. The van der Waals surface area contributed by atoms with E-state index < -0.39 is 0 Å². The van der Waals surface area contributed by atoms with Gasteiger partial charge in [-0.05, 0) is 43.9 Å². The highest BCUT2D eigenvalue weighted by atomic mass is 16.3. The van der Waals surface area contributed by atoms with Crippen molar-refractivity contribution in [3.8, 4) is 0 Å². The lowest BCUT2D eigenvalue weighted by Gasteiger charge is -2.35. The molecule has 0 bridgehead atoms. The first kappa shape index (κ1) is 14.3. The van der Waals surface area contributed by atoms with Crippen LogP contribution in [0.1, 0.15) is 38.2 Å². The van der Waals surface area contributed by atoms with Gasteiger partial charge in [-0.2, -0.15) is 0 Å². The molecular formula is C15H25N3O. The molecule has 0 saturated carbocycles. The Morgan fingerprint density at radius 2 is 2.32 bits per heavy atom. The highest BCUT2D eigenvalue weighted by molar-refractivity contribution is 5.41. The van der Waals surface area contributed by atoms with Crippen LogP contribution < -0.4 is 10.2 Å². The third kappa shape index (κ3) is 3.91. The van der Waals surface area contributed by atoms with Crippen LogP contribution in [-0.4, -0.2) is 35.8 Å². The molecule has 2 N–H and O–H groups in total. The second kappa shape index (κ2) is 7.46. The second-order valence-electron chi connectivity index (χ2n) is 5.23. The molecule has 0 radical (unpaired) electrons. The maximum atomic E-state index is 9.44. The predicted molar refractivity (Wildman–Crippen MR) is 78.3 cm³/mol. The van der Waals surface area contributed by atoms with Crippen LogP contribution in [0.4, 0.5) is 5.82 Å². The fourth-order valence-corrected chi connectivity index (χ4v) is 2.59. The Morgan fingerprint density at radius 1 is 1.42 bits per heavy atom. The van der Waals surface area contributed by atoms with Gasteiger partial charge in [0.15, 0.2) is 0 Å². The molecule has 1 aromatic heterocycles. The first-order valence-corrected chi connectivity index (χ1v) is 7.38. The summed E-state index contributed by atoms with van der Waals surface area (Å²) in [6, 6.07) is 4.45. The highest BCUT2D eigenvalue weighted by Crippen LogP contribution is 2.22. The average molecular weight is 263 g/mol. The Morgan fingerprint density at radius 3 is 3.00 bits per heavy atom. The molecule has 4 nitrogen and oxygen atoms in total. The van der Waals surface area contributed by atoms with Gasteiger partial charge in [-0.25, -0.2) is 4.98 Å². The van der Waals surface area contributed by atoms with Gasteiger partial charge in [0.1, 0.15) is 5.82 Å². The fraction of sp³-hybridized carbons (Fsp3) is 0.667. The lowest BCUT2D eigenvalue weighted by atomic mass is 10.0. The molecule has 1 atom stereocenters. The Hall–Kier alpha value is -1.13. The normalized spacial score (nSPS) is 19.7.